The summed E-state index contributed by atoms with van der Waals surface area (Å²) in [4.78, 5) is 0. The van der Waals surface area contributed by atoms with E-state index < -0.39 is 16.2 Å². The van der Waals surface area contributed by atoms with Gasteiger partial charge in [-0.2, -0.15) is 8.42 Å². The van der Waals surface area contributed by atoms with Crippen molar-refractivity contribution in [3.05, 3.63) is 11.1 Å². The van der Waals surface area contributed by atoms with Crippen LogP contribution in [0.3, 0.4) is 0 Å². The maximum atomic E-state index is 10.7. The molecule has 1 aliphatic carbocycles. The van der Waals surface area contributed by atoms with Crippen LogP contribution in [0.4, 0.5) is 0 Å². The summed E-state index contributed by atoms with van der Waals surface area (Å²) in [6, 6.07) is 0. The van der Waals surface area contributed by atoms with E-state index in [-0.39, 0.29) is 0 Å². The van der Waals surface area contributed by atoms with E-state index in [9.17, 15) is 8.42 Å². The Morgan fingerprint density at radius 1 is 1.67 bits per heavy atom. The lowest BCUT2D eigenvalue weighted by Crippen LogP contribution is -2.19. The molecule has 0 aromatic carbocycles. The monoisotopic (exact) mass is 210 g/mol. The van der Waals surface area contributed by atoms with Gasteiger partial charge in [0.1, 0.15) is 6.10 Å². The molecule has 0 aliphatic heterocycles. The van der Waals surface area contributed by atoms with Gasteiger partial charge >= 0.3 is 0 Å². The highest BCUT2D eigenvalue weighted by atomic mass is 35.5. The summed E-state index contributed by atoms with van der Waals surface area (Å²) in [6.07, 6.45) is 4.91. The van der Waals surface area contributed by atoms with Crippen molar-refractivity contribution in [1.29, 1.82) is 0 Å². The molecular weight excluding hydrogens is 200 g/mol. The van der Waals surface area contributed by atoms with Crippen LogP contribution in [-0.2, 0) is 14.3 Å². The first-order valence-corrected chi connectivity index (χ1v) is 5.92. The molecule has 12 heavy (non-hydrogen) atoms. The lowest BCUT2D eigenvalue weighted by atomic mass is 10.1. The maximum absolute atomic E-state index is 10.7. The highest BCUT2D eigenvalue weighted by Crippen LogP contribution is 2.25. The molecule has 3 nitrogen and oxygen atoms in total. The van der Waals surface area contributed by atoms with E-state index >= 15 is 0 Å². The summed E-state index contributed by atoms with van der Waals surface area (Å²) in [5, 5.41) is 0.506. The van der Waals surface area contributed by atoms with Crippen LogP contribution in [0, 0.1) is 0 Å². The second-order valence-electron chi connectivity index (χ2n) is 2.81. The van der Waals surface area contributed by atoms with Crippen molar-refractivity contribution < 1.29 is 12.6 Å². The minimum absolute atomic E-state index is 0.449. The molecule has 1 unspecified atom stereocenters. The summed E-state index contributed by atoms with van der Waals surface area (Å²) in [5.41, 5.74) is 0. The van der Waals surface area contributed by atoms with Gasteiger partial charge < -0.3 is 0 Å². The predicted molar refractivity (Wildman–Crippen MR) is 47.5 cm³/mol. The Labute approximate surface area is 77.5 Å². The zero-order chi connectivity index (χ0) is 9.19. The van der Waals surface area contributed by atoms with Crippen molar-refractivity contribution in [3.8, 4) is 0 Å². The summed E-state index contributed by atoms with van der Waals surface area (Å²) in [5.74, 6) is 0. The molecule has 70 valence electrons. The lowest BCUT2D eigenvalue weighted by Gasteiger charge is -2.18. The van der Waals surface area contributed by atoms with Gasteiger partial charge in [-0.15, -0.1) is 0 Å². The smallest absolute Gasteiger partial charge is 0.261 e. The zero-order valence-corrected chi connectivity index (χ0v) is 8.36. The number of halogens is 1. The fourth-order valence-electron chi connectivity index (χ4n) is 1.12. The van der Waals surface area contributed by atoms with Crippen LogP contribution < -0.4 is 0 Å². The normalized spacial score (nSPS) is 25.2. The average molecular weight is 211 g/mol. The first kappa shape index (κ1) is 10.0. The van der Waals surface area contributed by atoms with Crippen LogP contribution in [0.25, 0.3) is 0 Å². The molecular formula is C7H11ClO3S. The molecule has 0 heterocycles. The van der Waals surface area contributed by atoms with Crippen molar-refractivity contribution in [2.75, 3.05) is 6.26 Å². The van der Waals surface area contributed by atoms with Crippen molar-refractivity contribution in [2.24, 2.45) is 0 Å². The fourth-order valence-corrected chi connectivity index (χ4v) is 2.06. The Kier molecular flexibility index (Phi) is 3.15. The third-order valence-electron chi connectivity index (χ3n) is 1.61. The SMILES string of the molecule is CS(=O)(=O)OC1CCCC=C1Cl. The molecule has 0 N–H and O–H groups in total. The Hall–Kier alpha value is -0.0600. The summed E-state index contributed by atoms with van der Waals surface area (Å²) in [7, 11) is -3.38. The van der Waals surface area contributed by atoms with Gasteiger partial charge in [-0.25, -0.2) is 0 Å². The fraction of sp³-hybridized carbons (Fsp3) is 0.714. The van der Waals surface area contributed by atoms with Gasteiger partial charge in [0.05, 0.1) is 6.26 Å². The summed E-state index contributed by atoms with van der Waals surface area (Å²) in [6.45, 7) is 0. The van der Waals surface area contributed by atoms with E-state index in [4.69, 9.17) is 15.8 Å². The summed E-state index contributed by atoms with van der Waals surface area (Å²) < 4.78 is 26.2. The minimum Gasteiger partial charge on any atom is -0.261 e. The van der Waals surface area contributed by atoms with Crippen LogP contribution in [0.15, 0.2) is 11.1 Å². The molecule has 0 amide bonds. The number of hydrogen-bond donors (Lipinski definition) is 0. The molecule has 1 atom stereocenters. The third-order valence-corrected chi connectivity index (χ3v) is 2.59. The standard InChI is InChI=1S/C7H11ClO3S/c1-12(9,10)11-7-5-3-2-4-6(7)8/h4,7H,2-3,5H2,1H3. The maximum Gasteiger partial charge on any atom is 0.265 e. The highest BCUT2D eigenvalue weighted by molar-refractivity contribution is 7.86. The molecule has 0 aromatic heterocycles. The van der Waals surface area contributed by atoms with E-state index in [1.165, 1.54) is 0 Å². The molecule has 5 heteroatoms. The average Bonchev–Trinajstić information content (AvgIpc) is 1.91. The predicted octanol–water partition coefficient (Wildman–Crippen LogP) is 1.64. The molecule has 1 aliphatic rings. The highest BCUT2D eigenvalue weighted by Gasteiger charge is 2.20. The second kappa shape index (κ2) is 3.77. The van der Waals surface area contributed by atoms with Gasteiger partial charge in [-0.3, -0.25) is 4.18 Å². The summed E-state index contributed by atoms with van der Waals surface area (Å²) >= 11 is 5.76. The lowest BCUT2D eigenvalue weighted by molar-refractivity contribution is 0.234. The van der Waals surface area contributed by atoms with Gasteiger partial charge in [-0.05, 0) is 19.3 Å². The number of rotatable bonds is 2. The van der Waals surface area contributed by atoms with Gasteiger partial charge in [-0.1, -0.05) is 17.7 Å². The molecule has 0 saturated carbocycles. The van der Waals surface area contributed by atoms with Crippen LogP contribution in [0.5, 0.6) is 0 Å². The second-order valence-corrected chi connectivity index (χ2v) is 4.85. The van der Waals surface area contributed by atoms with Gasteiger partial charge in [0, 0.05) is 5.03 Å². The van der Waals surface area contributed by atoms with Crippen molar-refractivity contribution in [3.63, 3.8) is 0 Å². The Morgan fingerprint density at radius 3 is 2.83 bits per heavy atom. The van der Waals surface area contributed by atoms with Gasteiger partial charge in [0.15, 0.2) is 0 Å². The Bertz CT molecular complexity index is 281. The van der Waals surface area contributed by atoms with Crippen LogP contribution >= 0.6 is 11.6 Å². The topological polar surface area (TPSA) is 43.4 Å². The molecule has 0 fully saturated rings. The van der Waals surface area contributed by atoms with Crippen LogP contribution in [0.1, 0.15) is 19.3 Å². The number of hydrogen-bond acceptors (Lipinski definition) is 3. The van der Waals surface area contributed by atoms with E-state index in [1.54, 1.807) is 6.08 Å². The first-order chi connectivity index (χ1) is 5.49. The Morgan fingerprint density at radius 2 is 2.33 bits per heavy atom. The molecule has 1 rings (SSSR count). The third kappa shape index (κ3) is 3.13. The molecule has 0 radical (unpaired) electrons. The first-order valence-electron chi connectivity index (χ1n) is 3.73. The van der Waals surface area contributed by atoms with E-state index in [1.807, 2.05) is 0 Å². The zero-order valence-electron chi connectivity index (χ0n) is 6.79. The van der Waals surface area contributed by atoms with Crippen molar-refractivity contribution >= 4 is 21.7 Å². The molecule has 0 spiro atoms. The number of allylic oxidation sites excluding steroid dienone is 1. The van der Waals surface area contributed by atoms with Crippen LogP contribution in [-0.4, -0.2) is 20.8 Å². The Balaban J connectivity index is 2.64. The van der Waals surface area contributed by atoms with E-state index in [0.29, 0.717) is 11.5 Å². The largest absolute Gasteiger partial charge is 0.265 e. The van der Waals surface area contributed by atoms with Gasteiger partial charge in [0.2, 0.25) is 0 Å². The van der Waals surface area contributed by atoms with Crippen molar-refractivity contribution in [2.45, 2.75) is 25.4 Å². The molecule has 0 saturated heterocycles. The van der Waals surface area contributed by atoms with E-state index in [0.717, 1.165) is 19.1 Å². The molecule has 0 aromatic rings. The minimum atomic E-state index is -3.38. The quantitative estimate of drug-likeness (QED) is 0.651. The van der Waals surface area contributed by atoms with Crippen LogP contribution in [0.2, 0.25) is 0 Å². The van der Waals surface area contributed by atoms with Gasteiger partial charge in [0.25, 0.3) is 10.1 Å². The van der Waals surface area contributed by atoms with E-state index in [2.05, 4.69) is 0 Å². The molecule has 0 bridgehead atoms. The van der Waals surface area contributed by atoms with Crippen molar-refractivity contribution in [1.82, 2.24) is 0 Å².